The van der Waals surface area contributed by atoms with Gasteiger partial charge in [0.25, 0.3) is 11.8 Å². The minimum atomic E-state index is -0.791. The molecule has 4 amide bonds. The van der Waals surface area contributed by atoms with E-state index in [1.54, 1.807) is 24.3 Å². The van der Waals surface area contributed by atoms with Gasteiger partial charge in [-0.1, -0.05) is 18.2 Å². The first-order valence-electron chi connectivity index (χ1n) is 11.4. The lowest BCUT2D eigenvalue weighted by Gasteiger charge is -2.27. The zero-order valence-electron chi connectivity index (χ0n) is 20.0. The predicted molar refractivity (Wildman–Crippen MR) is 144 cm³/mol. The first-order chi connectivity index (χ1) is 17.2. The Morgan fingerprint density at radius 1 is 1.03 bits per heavy atom. The Bertz CT molecular complexity index is 1420. The van der Waals surface area contributed by atoms with Crippen molar-refractivity contribution in [1.29, 1.82) is 0 Å². The van der Waals surface area contributed by atoms with E-state index in [1.807, 2.05) is 39.0 Å². The summed E-state index contributed by atoms with van der Waals surface area (Å²) in [5.74, 6) is -1.21. The van der Waals surface area contributed by atoms with E-state index < -0.39 is 17.8 Å². The fourth-order valence-corrected chi connectivity index (χ4v) is 4.76. The van der Waals surface area contributed by atoms with Gasteiger partial charge in [-0.25, -0.2) is 14.1 Å². The molecule has 1 aliphatic rings. The topological polar surface area (TPSA) is 75.7 Å². The van der Waals surface area contributed by atoms with Gasteiger partial charge in [0.05, 0.1) is 12.3 Å². The number of nitrogens with one attached hydrogen (secondary N) is 1. The molecule has 0 aromatic heterocycles. The minimum absolute atomic E-state index is 0.163. The van der Waals surface area contributed by atoms with Crippen LogP contribution in [-0.4, -0.2) is 24.5 Å². The number of benzene rings is 3. The number of carbonyl (C=O) groups excluding carboxylic acids is 3. The molecule has 8 heteroatoms. The number of amides is 4. The number of anilines is 1. The number of barbiturate groups is 1. The Hall–Kier alpha value is -3.53. The number of rotatable bonds is 6. The van der Waals surface area contributed by atoms with Crippen molar-refractivity contribution in [3.8, 4) is 5.75 Å². The molecule has 36 heavy (non-hydrogen) atoms. The lowest BCUT2D eigenvalue weighted by molar-refractivity contribution is -0.122. The van der Waals surface area contributed by atoms with E-state index in [9.17, 15) is 18.8 Å². The number of carbonyl (C=O) groups is 3. The smallest absolute Gasteiger partial charge is 0.335 e. The van der Waals surface area contributed by atoms with Crippen molar-refractivity contribution >= 4 is 52.2 Å². The Morgan fingerprint density at radius 3 is 2.50 bits per heavy atom. The van der Waals surface area contributed by atoms with Crippen LogP contribution in [0.5, 0.6) is 5.75 Å². The normalized spacial score (nSPS) is 14.9. The summed E-state index contributed by atoms with van der Waals surface area (Å²) in [4.78, 5) is 39.4. The van der Waals surface area contributed by atoms with Gasteiger partial charge in [0.1, 0.15) is 17.1 Å². The zero-order chi connectivity index (χ0) is 26.0. The third-order valence-corrected chi connectivity index (χ3v) is 6.87. The van der Waals surface area contributed by atoms with Crippen molar-refractivity contribution in [3.05, 3.63) is 97.4 Å². The second-order valence-corrected chi connectivity index (χ2v) is 9.61. The number of aryl methyl sites for hydroxylation is 2. The van der Waals surface area contributed by atoms with Crippen LogP contribution in [0.25, 0.3) is 6.08 Å². The fourth-order valence-electron chi connectivity index (χ4n) is 3.94. The van der Waals surface area contributed by atoms with E-state index in [1.165, 1.54) is 18.2 Å². The molecule has 3 aromatic rings. The molecule has 0 saturated carbocycles. The number of nitrogens with zero attached hydrogens (tertiary/aromatic N) is 1. The average Bonchev–Trinajstić information content (AvgIpc) is 2.81. The van der Waals surface area contributed by atoms with E-state index >= 15 is 0 Å². The van der Waals surface area contributed by atoms with E-state index in [0.717, 1.165) is 30.7 Å². The molecule has 0 spiro atoms. The Labute approximate surface area is 222 Å². The first-order valence-corrected chi connectivity index (χ1v) is 12.4. The van der Waals surface area contributed by atoms with Gasteiger partial charge in [-0.15, -0.1) is 0 Å². The molecule has 0 radical (unpaired) electrons. The molecule has 1 saturated heterocycles. The number of ether oxygens (including phenoxy) is 1. The monoisotopic (exact) mass is 598 g/mol. The standard InChI is InChI=1S/C28H24FIN2O4/c1-4-36-25-15-19(14-24(30)22(25)12-18-6-5-7-20(29)11-18)13-23-26(33)31-28(35)32(27(23)34)21-9-8-16(2)17(3)10-21/h5-11,13-15H,4,12H2,1-3H3,(H,31,33,35)/b23-13+. The molecular formula is C28H24FIN2O4. The number of urea groups is 1. The lowest BCUT2D eigenvalue weighted by atomic mass is 10.00. The fraction of sp³-hybridized carbons (Fsp3) is 0.179. The van der Waals surface area contributed by atoms with Crippen molar-refractivity contribution in [2.75, 3.05) is 11.5 Å². The largest absolute Gasteiger partial charge is 0.494 e. The van der Waals surface area contributed by atoms with E-state index in [-0.39, 0.29) is 11.4 Å². The van der Waals surface area contributed by atoms with E-state index in [4.69, 9.17) is 4.74 Å². The van der Waals surface area contributed by atoms with Crippen LogP contribution in [0.2, 0.25) is 0 Å². The number of hydrogen-bond donors (Lipinski definition) is 1. The third-order valence-electron chi connectivity index (χ3n) is 5.91. The summed E-state index contributed by atoms with van der Waals surface area (Å²) in [6.07, 6.45) is 1.91. The Balaban J connectivity index is 1.72. The second-order valence-electron chi connectivity index (χ2n) is 8.45. The van der Waals surface area contributed by atoms with Crippen LogP contribution in [0.15, 0.2) is 60.2 Å². The number of hydrogen-bond acceptors (Lipinski definition) is 4. The summed E-state index contributed by atoms with van der Waals surface area (Å²) in [5.41, 5.74) is 4.39. The summed E-state index contributed by atoms with van der Waals surface area (Å²) in [7, 11) is 0. The van der Waals surface area contributed by atoms with Crippen molar-refractivity contribution < 1.29 is 23.5 Å². The summed E-state index contributed by atoms with van der Waals surface area (Å²) in [6.45, 7) is 6.08. The van der Waals surface area contributed by atoms with E-state index in [0.29, 0.717) is 30.0 Å². The van der Waals surface area contributed by atoms with Crippen LogP contribution in [0.4, 0.5) is 14.9 Å². The Kier molecular flexibility index (Phi) is 7.53. The van der Waals surface area contributed by atoms with Crippen LogP contribution in [-0.2, 0) is 16.0 Å². The van der Waals surface area contributed by atoms with Gasteiger partial charge in [0, 0.05) is 15.6 Å². The van der Waals surface area contributed by atoms with E-state index in [2.05, 4.69) is 27.9 Å². The average molecular weight is 598 g/mol. The van der Waals surface area contributed by atoms with Crippen LogP contribution in [0, 0.1) is 23.2 Å². The molecule has 0 unspecified atom stereocenters. The predicted octanol–water partition coefficient (Wildman–Crippen LogP) is 5.70. The highest BCUT2D eigenvalue weighted by Crippen LogP contribution is 2.31. The molecule has 1 N–H and O–H groups in total. The van der Waals surface area contributed by atoms with Gasteiger partial charge < -0.3 is 4.74 Å². The molecule has 0 aliphatic carbocycles. The van der Waals surface area contributed by atoms with Crippen LogP contribution in [0.1, 0.15) is 34.7 Å². The number of halogens is 2. The third kappa shape index (κ3) is 5.33. The van der Waals surface area contributed by atoms with Crippen LogP contribution < -0.4 is 15.0 Å². The second kappa shape index (κ2) is 10.6. The minimum Gasteiger partial charge on any atom is -0.494 e. The summed E-state index contributed by atoms with van der Waals surface area (Å²) < 4.78 is 20.4. The van der Waals surface area contributed by atoms with Crippen LogP contribution in [0.3, 0.4) is 0 Å². The summed E-state index contributed by atoms with van der Waals surface area (Å²) in [5, 5.41) is 2.26. The molecule has 4 rings (SSSR count). The SMILES string of the molecule is CCOc1cc(/C=C2\C(=O)NC(=O)N(c3ccc(C)c(C)c3)C2=O)cc(I)c1Cc1cccc(F)c1. The van der Waals surface area contributed by atoms with Crippen molar-refractivity contribution in [2.45, 2.75) is 27.2 Å². The molecule has 6 nitrogen and oxygen atoms in total. The summed E-state index contributed by atoms with van der Waals surface area (Å²) >= 11 is 2.16. The van der Waals surface area contributed by atoms with Gasteiger partial charge in [0.2, 0.25) is 0 Å². The molecule has 1 aliphatic heterocycles. The molecule has 0 bridgehead atoms. The van der Waals surface area contributed by atoms with Crippen molar-refractivity contribution in [1.82, 2.24) is 5.32 Å². The van der Waals surface area contributed by atoms with Crippen LogP contribution >= 0.6 is 22.6 Å². The molecular weight excluding hydrogens is 574 g/mol. The van der Waals surface area contributed by atoms with Crippen molar-refractivity contribution in [3.63, 3.8) is 0 Å². The molecule has 1 heterocycles. The Morgan fingerprint density at radius 2 is 1.81 bits per heavy atom. The van der Waals surface area contributed by atoms with Gasteiger partial charge in [-0.05, 0) is 108 Å². The van der Waals surface area contributed by atoms with Gasteiger partial charge >= 0.3 is 6.03 Å². The highest BCUT2D eigenvalue weighted by molar-refractivity contribution is 14.1. The highest BCUT2D eigenvalue weighted by Gasteiger charge is 2.37. The van der Waals surface area contributed by atoms with Gasteiger partial charge in [-0.2, -0.15) is 0 Å². The van der Waals surface area contributed by atoms with Gasteiger partial charge in [-0.3, -0.25) is 14.9 Å². The maximum absolute atomic E-state index is 13.7. The number of imide groups is 2. The molecule has 1 fully saturated rings. The quantitative estimate of drug-likeness (QED) is 0.225. The summed E-state index contributed by atoms with van der Waals surface area (Å²) in [6, 6.07) is 14.4. The first kappa shape index (κ1) is 25.6. The maximum atomic E-state index is 13.7. The molecule has 0 atom stereocenters. The zero-order valence-corrected chi connectivity index (χ0v) is 22.2. The molecule has 184 valence electrons. The molecule has 3 aromatic carbocycles. The highest BCUT2D eigenvalue weighted by atomic mass is 127. The van der Waals surface area contributed by atoms with Gasteiger partial charge in [0.15, 0.2) is 0 Å². The lowest BCUT2D eigenvalue weighted by Crippen LogP contribution is -2.54. The van der Waals surface area contributed by atoms with Crippen molar-refractivity contribution in [2.24, 2.45) is 0 Å². The maximum Gasteiger partial charge on any atom is 0.335 e.